The molecular formula is C30H38FN. The minimum absolute atomic E-state index is 0.132. The standard InChI is InChI=1S/C30H38FN/c1-3-5-7-8-9-11-13-28-20-19-27(23-32-28)25-15-17-26(18-16-25)29-21-14-24(22-30(29)31)12-10-6-4-2/h14-23H,3-13H2,1-2H3. The Kier molecular flexibility index (Phi) is 9.94. The quantitative estimate of drug-likeness (QED) is 0.246. The maximum absolute atomic E-state index is 14.7. The smallest absolute Gasteiger partial charge is 0.131 e. The van der Waals surface area contributed by atoms with Crippen LogP contribution in [-0.4, -0.2) is 4.98 Å². The molecule has 3 rings (SSSR count). The van der Waals surface area contributed by atoms with E-state index in [1.807, 2.05) is 24.4 Å². The summed E-state index contributed by atoms with van der Waals surface area (Å²) < 4.78 is 14.7. The molecule has 0 aliphatic carbocycles. The average molecular weight is 432 g/mol. The highest BCUT2D eigenvalue weighted by atomic mass is 19.1. The van der Waals surface area contributed by atoms with E-state index in [0.717, 1.165) is 41.5 Å². The van der Waals surface area contributed by atoms with Crippen LogP contribution in [0.15, 0.2) is 60.8 Å². The van der Waals surface area contributed by atoms with Crippen LogP contribution in [0.2, 0.25) is 0 Å². The van der Waals surface area contributed by atoms with Crippen LogP contribution in [0.1, 0.15) is 82.9 Å². The number of rotatable bonds is 13. The number of hydrogen-bond acceptors (Lipinski definition) is 1. The fourth-order valence-electron chi connectivity index (χ4n) is 4.20. The fourth-order valence-corrected chi connectivity index (χ4v) is 4.20. The van der Waals surface area contributed by atoms with E-state index in [2.05, 4.69) is 49.2 Å². The second kappa shape index (κ2) is 13.2. The highest BCUT2D eigenvalue weighted by Gasteiger charge is 2.07. The molecule has 0 bridgehead atoms. The molecule has 0 aliphatic rings. The van der Waals surface area contributed by atoms with Crippen LogP contribution in [-0.2, 0) is 12.8 Å². The predicted molar refractivity (Wildman–Crippen MR) is 135 cm³/mol. The zero-order valence-electron chi connectivity index (χ0n) is 19.9. The lowest BCUT2D eigenvalue weighted by molar-refractivity contribution is 0.605. The van der Waals surface area contributed by atoms with Gasteiger partial charge in [-0.25, -0.2) is 4.39 Å². The monoisotopic (exact) mass is 431 g/mol. The molecule has 32 heavy (non-hydrogen) atoms. The summed E-state index contributed by atoms with van der Waals surface area (Å²) >= 11 is 0. The first kappa shape index (κ1) is 24.2. The number of pyridine rings is 1. The Bertz CT molecular complexity index is 928. The zero-order valence-corrected chi connectivity index (χ0v) is 19.9. The summed E-state index contributed by atoms with van der Waals surface area (Å²) in [6.07, 6.45) is 15.3. The zero-order chi connectivity index (χ0) is 22.6. The molecular weight excluding hydrogens is 393 g/mol. The van der Waals surface area contributed by atoms with Crippen LogP contribution < -0.4 is 0 Å². The van der Waals surface area contributed by atoms with E-state index in [1.54, 1.807) is 6.07 Å². The van der Waals surface area contributed by atoms with Gasteiger partial charge >= 0.3 is 0 Å². The third kappa shape index (κ3) is 7.29. The van der Waals surface area contributed by atoms with Crippen LogP contribution in [0.25, 0.3) is 22.3 Å². The van der Waals surface area contributed by atoms with E-state index in [-0.39, 0.29) is 5.82 Å². The summed E-state index contributed by atoms with van der Waals surface area (Å²) in [7, 11) is 0. The summed E-state index contributed by atoms with van der Waals surface area (Å²) in [5.74, 6) is -0.132. The highest BCUT2D eigenvalue weighted by molar-refractivity contribution is 5.70. The molecule has 3 aromatic rings. The molecule has 170 valence electrons. The SMILES string of the molecule is CCCCCCCCc1ccc(-c2ccc(-c3ccc(CCCCC)cc3F)cc2)cn1. The molecule has 0 saturated carbocycles. The summed E-state index contributed by atoms with van der Waals surface area (Å²) in [5, 5.41) is 0. The van der Waals surface area contributed by atoms with E-state index in [9.17, 15) is 4.39 Å². The number of aryl methyl sites for hydroxylation is 2. The maximum Gasteiger partial charge on any atom is 0.131 e. The predicted octanol–water partition coefficient (Wildman–Crippen LogP) is 9.19. The van der Waals surface area contributed by atoms with Gasteiger partial charge in [-0.3, -0.25) is 4.98 Å². The van der Waals surface area contributed by atoms with Crippen molar-refractivity contribution < 1.29 is 4.39 Å². The van der Waals surface area contributed by atoms with Gasteiger partial charge in [0.15, 0.2) is 0 Å². The number of nitrogens with zero attached hydrogens (tertiary/aromatic N) is 1. The Labute approximate surface area is 194 Å². The average Bonchev–Trinajstić information content (AvgIpc) is 2.82. The van der Waals surface area contributed by atoms with Crippen molar-refractivity contribution in [1.82, 2.24) is 4.98 Å². The van der Waals surface area contributed by atoms with Gasteiger partial charge in [0.1, 0.15) is 5.82 Å². The van der Waals surface area contributed by atoms with E-state index in [4.69, 9.17) is 0 Å². The fraction of sp³-hybridized carbons (Fsp3) is 0.433. The second-order valence-corrected chi connectivity index (χ2v) is 8.90. The normalized spacial score (nSPS) is 11.1. The Balaban J connectivity index is 1.57. The van der Waals surface area contributed by atoms with E-state index in [0.29, 0.717) is 5.56 Å². The van der Waals surface area contributed by atoms with Crippen molar-refractivity contribution in [2.45, 2.75) is 84.5 Å². The van der Waals surface area contributed by atoms with Crippen molar-refractivity contribution in [1.29, 1.82) is 0 Å². The minimum atomic E-state index is -0.132. The topological polar surface area (TPSA) is 12.9 Å². The van der Waals surface area contributed by atoms with Gasteiger partial charge in [-0.1, -0.05) is 101 Å². The molecule has 0 atom stereocenters. The van der Waals surface area contributed by atoms with Gasteiger partial charge in [0.25, 0.3) is 0 Å². The van der Waals surface area contributed by atoms with Gasteiger partial charge in [-0.05, 0) is 54.5 Å². The molecule has 2 aromatic carbocycles. The largest absolute Gasteiger partial charge is 0.261 e. The van der Waals surface area contributed by atoms with Crippen molar-refractivity contribution in [3.8, 4) is 22.3 Å². The lowest BCUT2D eigenvalue weighted by Gasteiger charge is -2.09. The number of benzene rings is 2. The number of unbranched alkanes of at least 4 members (excludes halogenated alkanes) is 7. The van der Waals surface area contributed by atoms with Crippen molar-refractivity contribution in [3.63, 3.8) is 0 Å². The van der Waals surface area contributed by atoms with Crippen molar-refractivity contribution >= 4 is 0 Å². The van der Waals surface area contributed by atoms with Crippen molar-refractivity contribution in [2.75, 3.05) is 0 Å². The Morgan fingerprint density at radius 2 is 1.25 bits per heavy atom. The molecule has 0 spiro atoms. The molecule has 0 unspecified atom stereocenters. The van der Waals surface area contributed by atoms with Gasteiger partial charge in [-0.2, -0.15) is 0 Å². The van der Waals surface area contributed by atoms with Gasteiger partial charge in [0.05, 0.1) is 0 Å². The van der Waals surface area contributed by atoms with Gasteiger partial charge in [-0.15, -0.1) is 0 Å². The Morgan fingerprint density at radius 1 is 0.625 bits per heavy atom. The summed E-state index contributed by atoms with van der Waals surface area (Å²) in [6.45, 7) is 4.44. The number of hydrogen-bond donors (Lipinski definition) is 0. The molecule has 0 saturated heterocycles. The molecule has 0 N–H and O–H groups in total. The first-order valence-corrected chi connectivity index (χ1v) is 12.6. The number of aromatic nitrogens is 1. The van der Waals surface area contributed by atoms with Crippen LogP contribution in [0.3, 0.4) is 0 Å². The van der Waals surface area contributed by atoms with Crippen LogP contribution >= 0.6 is 0 Å². The minimum Gasteiger partial charge on any atom is -0.261 e. The van der Waals surface area contributed by atoms with Crippen LogP contribution in [0.5, 0.6) is 0 Å². The van der Waals surface area contributed by atoms with Crippen LogP contribution in [0.4, 0.5) is 4.39 Å². The van der Waals surface area contributed by atoms with Gasteiger partial charge < -0.3 is 0 Å². The second-order valence-electron chi connectivity index (χ2n) is 8.90. The summed E-state index contributed by atoms with van der Waals surface area (Å²) in [4.78, 5) is 4.66. The Morgan fingerprint density at radius 3 is 1.94 bits per heavy atom. The third-order valence-corrected chi connectivity index (χ3v) is 6.24. The first-order chi connectivity index (χ1) is 15.7. The third-order valence-electron chi connectivity index (χ3n) is 6.24. The van der Waals surface area contributed by atoms with E-state index in [1.165, 1.54) is 57.1 Å². The molecule has 0 radical (unpaired) electrons. The summed E-state index contributed by atoms with van der Waals surface area (Å²) in [5.41, 5.74) is 6.06. The molecule has 1 nitrogen and oxygen atoms in total. The lowest BCUT2D eigenvalue weighted by atomic mass is 9.98. The Hall–Kier alpha value is -2.48. The molecule has 0 aliphatic heterocycles. The molecule has 1 aromatic heterocycles. The molecule has 2 heteroatoms. The van der Waals surface area contributed by atoms with E-state index >= 15 is 0 Å². The lowest BCUT2D eigenvalue weighted by Crippen LogP contribution is -1.92. The summed E-state index contributed by atoms with van der Waals surface area (Å²) in [6, 6.07) is 18.1. The van der Waals surface area contributed by atoms with Crippen molar-refractivity contribution in [3.05, 3.63) is 77.9 Å². The van der Waals surface area contributed by atoms with Gasteiger partial charge in [0.2, 0.25) is 0 Å². The molecule has 0 amide bonds. The van der Waals surface area contributed by atoms with Crippen molar-refractivity contribution in [2.24, 2.45) is 0 Å². The maximum atomic E-state index is 14.7. The highest BCUT2D eigenvalue weighted by Crippen LogP contribution is 2.27. The first-order valence-electron chi connectivity index (χ1n) is 12.6. The molecule has 1 heterocycles. The van der Waals surface area contributed by atoms with E-state index < -0.39 is 0 Å². The van der Waals surface area contributed by atoms with Crippen LogP contribution in [0, 0.1) is 5.82 Å². The molecule has 0 fully saturated rings. The van der Waals surface area contributed by atoms with Gasteiger partial charge in [0, 0.05) is 23.0 Å². The number of halogens is 1.